The lowest BCUT2D eigenvalue weighted by Crippen LogP contribution is -2.20. The summed E-state index contributed by atoms with van der Waals surface area (Å²) in [6.07, 6.45) is 3.57. The average molecular weight is 282 g/mol. The Kier molecular flexibility index (Phi) is 6.02. The normalized spacial score (nSPS) is 11.1. The second-order valence-corrected chi connectivity index (χ2v) is 6.25. The van der Waals surface area contributed by atoms with Gasteiger partial charge in [-0.2, -0.15) is 13.5 Å². The highest BCUT2D eigenvalue weighted by molar-refractivity contribution is 7.89. The van der Waals surface area contributed by atoms with Crippen molar-refractivity contribution in [3.05, 3.63) is 29.8 Å². The van der Waals surface area contributed by atoms with Gasteiger partial charge < -0.3 is 0 Å². The van der Waals surface area contributed by atoms with Crippen molar-refractivity contribution < 1.29 is 8.42 Å². The molecule has 0 saturated heterocycles. The van der Waals surface area contributed by atoms with Crippen molar-refractivity contribution in [3.8, 4) is 0 Å². The first-order valence-corrected chi connectivity index (χ1v) is 8.11. The minimum atomic E-state index is -3.55. The van der Waals surface area contributed by atoms with Gasteiger partial charge in [-0.15, -0.1) is 0 Å². The Hall–Kier alpha value is -1.36. The van der Waals surface area contributed by atoms with Gasteiger partial charge in [-0.05, 0) is 31.9 Å². The van der Waals surface area contributed by atoms with E-state index in [-0.39, 0.29) is 4.90 Å². The third-order valence-electron chi connectivity index (χ3n) is 2.73. The number of rotatable bonds is 7. The Balaban J connectivity index is 2.84. The minimum absolute atomic E-state index is 0.245. The molecule has 106 valence electrons. The number of hydrazone groups is 1. The summed E-state index contributed by atoms with van der Waals surface area (Å²) in [5.74, 6) is 0. The number of hydrogen-bond acceptors (Lipinski definition) is 3. The summed E-state index contributed by atoms with van der Waals surface area (Å²) in [4.78, 5) is 2.57. The van der Waals surface area contributed by atoms with Crippen LogP contribution in [0.5, 0.6) is 0 Å². The molecule has 1 aromatic rings. The molecular weight excluding hydrogens is 260 g/mol. The molecule has 19 heavy (non-hydrogen) atoms. The molecule has 0 amide bonds. The predicted molar refractivity (Wildman–Crippen MR) is 78.8 cm³/mol. The van der Waals surface area contributed by atoms with Gasteiger partial charge in [0.1, 0.15) is 0 Å². The lowest BCUT2D eigenvalue weighted by molar-refractivity contribution is 0.584. The molecule has 4 nitrogen and oxygen atoms in total. The molecule has 5 heteroatoms. The molecule has 0 saturated carbocycles. The van der Waals surface area contributed by atoms with Crippen LogP contribution >= 0.6 is 0 Å². The fourth-order valence-corrected chi connectivity index (χ4v) is 2.56. The van der Waals surface area contributed by atoms with E-state index in [2.05, 4.69) is 23.8 Å². The Morgan fingerprint density at radius 2 is 1.63 bits per heavy atom. The van der Waals surface area contributed by atoms with Gasteiger partial charge >= 0.3 is 0 Å². The zero-order chi connectivity index (χ0) is 14.3. The average Bonchev–Trinajstić information content (AvgIpc) is 2.37. The summed E-state index contributed by atoms with van der Waals surface area (Å²) in [6.45, 7) is 6.03. The van der Waals surface area contributed by atoms with Crippen LogP contribution < -0.4 is 4.83 Å². The fourth-order valence-electron chi connectivity index (χ4n) is 1.71. The monoisotopic (exact) mass is 282 g/mol. The number of benzene rings is 1. The van der Waals surface area contributed by atoms with Crippen molar-refractivity contribution in [2.75, 3.05) is 0 Å². The first-order valence-electron chi connectivity index (χ1n) is 6.63. The lowest BCUT2D eigenvalue weighted by atomic mass is 10.1. The van der Waals surface area contributed by atoms with E-state index in [0.29, 0.717) is 0 Å². The van der Waals surface area contributed by atoms with Crippen LogP contribution in [0.25, 0.3) is 0 Å². The van der Waals surface area contributed by atoms with E-state index >= 15 is 0 Å². The van der Waals surface area contributed by atoms with E-state index in [0.717, 1.165) is 37.0 Å². The third-order valence-corrected chi connectivity index (χ3v) is 3.96. The molecule has 0 fully saturated rings. The van der Waals surface area contributed by atoms with Crippen LogP contribution in [0.15, 0.2) is 34.3 Å². The van der Waals surface area contributed by atoms with Gasteiger partial charge in [0.05, 0.1) is 4.90 Å². The number of nitrogens with zero attached hydrogens (tertiary/aromatic N) is 1. The Morgan fingerprint density at radius 3 is 2.11 bits per heavy atom. The zero-order valence-electron chi connectivity index (χ0n) is 11.8. The summed E-state index contributed by atoms with van der Waals surface area (Å²) >= 11 is 0. The molecule has 0 spiro atoms. The van der Waals surface area contributed by atoms with Gasteiger partial charge in [0.25, 0.3) is 10.0 Å². The van der Waals surface area contributed by atoms with E-state index in [9.17, 15) is 8.42 Å². The maximum absolute atomic E-state index is 12.0. The summed E-state index contributed by atoms with van der Waals surface area (Å²) in [7, 11) is -3.55. The van der Waals surface area contributed by atoms with Crippen LogP contribution in [0, 0.1) is 6.92 Å². The van der Waals surface area contributed by atoms with Crippen LogP contribution in [0.4, 0.5) is 0 Å². The number of hydrogen-bond donors (Lipinski definition) is 1. The maximum Gasteiger partial charge on any atom is 0.276 e. The van der Waals surface area contributed by atoms with Gasteiger partial charge in [0, 0.05) is 5.71 Å². The van der Waals surface area contributed by atoms with Crippen molar-refractivity contribution in [1.82, 2.24) is 4.83 Å². The SMILES string of the molecule is CCCC(CCC)=NNS(=O)(=O)c1ccc(C)cc1. The Bertz CT molecular complexity index is 511. The van der Waals surface area contributed by atoms with Gasteiger partial charge in [-0.25, -0.2) is 4.83 Å². The molecule has 0 aromatic heterocycles. The largest absolute Gasteiger partial charge is 0.276 e. The molecule has 0 heterocycles. The third kappa shape index (κ3) is 5.03. The summed E-state index contributed by atoms with van der Waals surface area (Å²) < 4.78 is 24.1. The molecular formula is C14H22N2O2S. The van der Waals surface area contributed by atoms with Crippen molar-refractivity contribution in [1.29, 1.82) is 0 Å². The molecule has 0 atom stereocenters. The zero-order valence-corrected chi connectivity index (χ0v) is 12.6. The lowest BCUT2D eigenvalue weighted by Gasteiger charge is -2.07. The van der Waals surface area contributed by atoms with Crippen molar-refractivity contribution in [2.45, 2.75) is 51.3 Å². The summed E-state index contributed by atoms with van der Waals surface area (Å²) in [5.41, 5.74) is 1.93. The minimum Gasteiger partial charge on any atom is -0.200 e. The van der Waals surface area contributed by atoms with Crippen molar-refractivity contribution in [2.24, 2.45) is 5.10 Å². The number of aryl methyl sites for hydroxylation is 1. The summed E-state index contributed by atoms with van der Waals surface area (Å²) in [6, 6.07) is 6.73. The van der Waals surface area contributed by atoms with Crippen LogP contribution in [-0.2, 0) is 10.0 Å². The highest BCUT2D eigenvalue weighted by atomic mass is 32.2. The maximum atomic E-state index is 12.0. The Morgan fingerprint density at radius 1 is 1.11 bits per heavy atom. The van der Waals surface area contributed by atoms with Gasteiger partial charge in [-0.1, -0.05) is 44.4 Å². The fraction of sp³-hybridized carbons (Fsp3) is 0.500. The first-order chi connectivity index (χ1) is 8.99. The van der Waals surface area contributed by atoms with E-state index in [4.69, 9.17) is 0 Å². The Labute approximate surface area is 116 Å². The van der Waals surface area contributed by atoms with Crippen LogP contribution in [-0.4, -0.2) is 14.1 Å². The van der Waals surface area contributed by atoms with Gasteiger partial charge in [-0.3, -0.25) is 0 Å². The van der Waals surface area contributed by atoms with Crippen LogP contribution in [0.2, 0.25) is 0 Å². The predicted octanol–water partition coefficient (Wildman–Crippen LogP) is 3.23. The second-order valence-electron chi connectivity index (χ2n) is 4.59. The van der Waals surface area contributed by atoms with Crippen LogP contribution in [0.1, 0.15) is 45.1 Å². The number of nitrogens with one attached hydrogen (secondary N) is 1. The highest BCUT2D eigenvalue weighted by Crippen LogP contribution is 2.10. The van der Waals surface area contributed by atoms with E-state index in [1.54, 1.807) is 24.3 Å². The second kappa shape index (κ2) is 7.28. The van der Waals surface area contributed by atoms with Crippen LogP contribution in [0.3, 0.4) is 0 Å². The molecule has 1 N–H and O–H groups in total. The van der Waals surface area contributed by atoms with Crippen molar-refractivity contribution >= 4 is 15.7 Å². The first kappa shape index (κ1) is 15.7. The molecule has 0 unspecified atom stereocenters. The smallest absolute Gasteiger partial charge is 0.200 e. The topological polar surface area (TPSA) is 58.5 Å². The quantitative estimate of drug-likeness (QED) is 0.616. The molecule has 0 aliphatic heterocycles. The standard InChI is InChI=1S/C14H22N2O2S/c1-4-6-13(7-5-2)15-16-19(17,18)14-10-8-12(3)9-11-14/h8-11,16H,4-7H2,1-3H3. The van der Waals surface area contributed by atoms with E-state index in [1.165, 1.54) is 0 Å². The molecule has 0 aliphatic carbocycles. The molecule has 0 aliphatic rings. The molecule has 1 aromatic carbocycles. The van der Waals surface area contributed by atoms with Crippen molar-refractivity contribution in [3.63, 3.8) is 0 Å². The van der Waals surface area contributed by atoms with Gasteiger partial charge in [0.15, 0.2) is 0 Å². The molecule has 0 radical (unpaired) electrons. The summed E-state index contributed by atoms with van der Waals surface area (Å²) in [5, 5.41) is 4.05. The van der Waals surface area contributed by atoms with E-state index in [1.807, 2.05) is 6.92 Å². The number of sulfonamides is 1. The molecule has 0 bridgehead atoms. The van der Waals surface area contributed by atoms with E-state index < -0.39 is 10.0 Å². The molecule has 1 rings (SSSR count). The van der Waals surface area contributed by atoms with Gasteiger partial charge in [0.2, 0.25) is 0 Å². The highest BCUT2D eigenvalue weighted by Gasteiger charge is 2.12.